The van der Waals surface area contributed by atoms with Crippen LogP contribution in [0.15, 0.2) is 30.0 Å². The van der Waals surface area contributed by atoms with E-state index in [9.17, 15) is 14.4 Å². The first kappa shape index (κ1) is 17.0. The SMILES string of the molecule is CC(=O)N1CCc2ccc(NC=C3C(=O)OC(C)(C)OC3=O)cc2C1. The van der Waals surface area contributed by atoms with Gasteiger partial charge in [-0.25, -0.2) is 9.59 Å². The number of benzene rings is 1. The summed E-state index contributed by atoms with van der Waals surface area (Å²) >= 11 is 0. The summed E-state index contributed by atoms with van der Waals surface area (Å²) in [6.45, 7) is 5.81. The van der Waals surface area contributed by atoms with Crippen LogP contribution in [0.4, 0.5) is 5.69 Å². The fourth-order valence-electron chi connectivity index (χ4n) is 2.85. The molecule has 7 nitrogen and oxygen atoms in total. The second-order valence-corrected chi connectivity index (χ2v) is 6.56. The van der Waals surface area contributed by atoms with Gasteiger partial charge in [0.25, 0.3) is 5.79 Å². The van der Waals surface area contributed by atoms with Crippen LogP contribution < -0.4 is 5.32 Å². The third-order valence-electron chi connectivity index (χ3n) is 4.16. The summed E-state index contributed by atoms with van der Waals surface area (Å²) in [6, 6.07) is 5.75. The maximum absolute atomic E-state index is 11.9. The molecule has 1 fully saturated rings. The van der Waals surface area contributed by atoms with E-state index in [1.807, 2.05) is 18.2 Å². The Balaban J connectivity index is 1.76. The van der Waals surface area contributed by atoms with E-state index in [0.717, 1.165) is 12.0 Å². The molecule has 0 atom stereocenters. The van der Waals surface area contributed by atoms with Gasteiger partial charge >= 0.3 is 11.9 Å². The number of carbonyl (C=O) groups excluding carboxylic acids is 3. The van der Waals surface area contributed by atoms with Crippen LogP contribution >= 0.6 is 0 Å². The molecule has 0 unspecified atom stereocenters. The average molecular weight is 344 g/mol. The van der Waals surface area contributed by atoms with Crippen LogP contribution in [-0.2, 0) is 36.8 Å². The lowest BCUT2D eigenvalue weighted by Crippen LogP contribution is -2.42. The Bertz CT molecular complexity index is 760. The zero-order chi connectivity index (χ0) is 18.2. The maximum Gasteiger partial charge on any atom is 0.350 e. The molecule has 0 spiro atoms. The lowest BCUT2D eigenvalue weighted by Gasteiger charge is -2.30. The number of rotatable bonds is 2. The summed E-state index contributed by atoms with van der Waals surface area (Å²) in [7, 11) is 0. The number of nitrogens with zero attached hydrogens (tertiary/aromatic N) is 1. The highest BCUT2D eigenvalue weighted by Gasteiger charge is 2.38. The highest BCUT2D eigenvalue weighted by molar-refractivity contribution is 6.15. The van der Waals surface area contributed by atoms with Gasteiger partial charge in [-0.1, -0.05) is 6.07 Å². The van der Waals surface area contributed by atoms with Crippen LogP contribution in [0.2, 0.25) is 0 Å². The standard InChI is InChI=1S/C18H20N2O5/c1-11(21)20-7-6-12-4-5-14(8-13(12)10-20)19-9-15-16(22)24-18(2,3)25-17(15)23/h4-5,8-9,19H,6-7,10H2,1-3H3. The molecular weight excluding hydrogens is 324 g/mol. The van der Waals surface area contributed by atoms with Gasteiger partial charge in [0.15, 0.2) is 5.57 Å². The summed E-state index contributed by atoms with van der Waals surface area (Å²) in [5.74, 6) is -2.67. The van der Waals surface area contributed by atoms with Gasteiger partial charge in [0, 0.05) is 45.7 Å². The zero-order valence-corrected chi connectivity index (χ0v) is 14.4. The molecule has 0 bridgehead atoms. The Morgan fingerprint density at radius 2 is 1.88 bits per heavy atom. The Morgan fingerprint density at radius 1 is 1.20 bits per heavy atom. The van der Waals surface area contributed by atoms with Gasteiger partial charge in [-0.15, -0.1) is 0 Å². The number of amides is 1. The minimum atomic E-state index is -1.26. The lowest BCUT2D eigenvalue weighted by atomic mass is 9.99. The highest BCUT2D eigenvalue weighted by atomic mass is 16.7. The number of hydrogen-bond acceptors (Lipinski definition) is 6. The van der Waals surface area contributed by atoms with E-state index in [1.165, 1.54) is 25.6 Å². The smallest absolute Gasteiger partial charge is 0.350 e. The molecule has 1 aromatic carbocycles. The predicted molar refractivity (Wildman–Crippen MR) is 89.2 cm³/mol. The Labute approximate surface area is 145 Å². The molecule has 2 heterocycles. The fourth-order valence-corrected chi connectivity index (χ4v) is 2.85. The Hall–Kier alpha value is -2.83. The first-order chi connectivity index (χ1) is 11.7. The zero-order valence-electron chi connectivity index (χ0n) is 14.4. The van der Waals surface area contributed by atoms with Crippen molar-refractivity contribution in [2.45, 2.75) is 39.5 Å². The van der Waals surface area contributed by atoms with Crippen LogP contribution in [0.5, 0.6) is 0 Å². The van der Waals surface area contributed by atoms with Gasteiger partial charge in [0.05, 0.1) is 0 Å². The monoisotopic (exact) mass is 344 g/mol. The summed E-state index contributed by atoms with van der Waals surface area (Å²) in [6.07, 6.45) is 2.09. The normalized spacial score (nSPS) is 18.8. The molecule has 1 aromatic rings. The minimum absolute atomic E-state index is 0.0430. The average Bonchev–Trinajstić information content (AvgIpc) is 2.52. The first-order valence-electron chi connectivity index (χ1n) is 8.06. The minimum Gasteiger partial charge on any atom is -0.419 e. The first-order valence-corrected chi connectivity index (χ1v) is 8.06. The van der Waals surface area contributed by atoms with Crippen molar-refractivity contribution >= 4 is 23.5 Å². The largest absolute Gasteiger partial charge is 0.419 e. The number of carbonyl (C=O) groups is 3. The van der Waals surface area contributed by atoms with E-state index >= 15 is 0 Å². The second-order valence-electron chi connectivity index (χ2n) is 6.56. The van der Waals surface area contributed by atoms with E-state index in [1.54, 1.807) is 11.8 Å². The number of hydrogen-bond donors (Lipinski definition) is 1. The highest BCUT2D eigenvalue weighted by Crippen LogP contribution is 2.25. The van der Waals surface area contributed by atoms with Gasteiger partial charge < -0.3 is 19.7 Å². The van der Waals surface area contributed by atoms with E-state index in [0.29, 0.717) is 18.8 Å². The van der Waals surface area contributed by atoms with Crippen molar-refractivity contribution in [2.24, 2.45) is 0 Å². The van der Waals surface area contributed by atoms with Crippen LogP contribution in [0.3, 0.4) is 0 Å². The molecule has 1 amide bonds. The summed E-state index contributed by atoms with van der Waals surface area (Å²) in [5.41, 5.74) is 2.75. The van der Waals surface area contributed by atoms with Crippen molar-refractivity contribution < 1.29 is 23.9 Å². The number of cyclic esters (lactones) is 2. The van der Waals surface area contributed by atoms with Crippen molar-refractivity contribution in [1.29, 1.82) is 0 Å². The summed E-state index contributed by atoms with van der Waals surface area (Å²) in [4.78, 5) is 37.2. The molecule has 7 heteroatoms. The molecule has 1 N–H and O–H groups in total. The van der Waals surface area contributed by atoms with Gasteiger partial charge in [-0.05, 0) is 29.7 Å². The number of nitrogens with one attached hydrogen (secondary N) is 1. The molecule has 132 valence electrons. The van der Waals surface area contributed by atoms with Crippen LogP contribution in [0.1, 0.15) is 31.9 Å². The van der Waals surface area contributed by atoms with Gasteiger partial charge in [0.2, 0.25) is 5.91 Å². The van der Waals surface area contributed by atoms with Crippen molar-refractivity contribution in [3.8, 4) is 0 Å². The van der Waals surface area contributed by atoms with Crippen LogP contribution in [-0.4, -0.2) is 35.1 Å². The van der Waals surface area contributed by atoms with Crippen LogP contribution in [0, 0.1) is 0 Å². The van der Waals surface area contributed by atoms with E-state index in [-0.39, 0.29) is 11.5 Å². The molecule has 25 heavy (non-hydrogen) atoms. The number of esters is 2. The molecule has 1 saturated heterocycles. The van der Waals surface area contributed by atoms with Crippen molar-refractivity contribution in [2.75, 3.05) is 11.9 Å². The maximum atomic E-state index is 11.9. The third-order valence-corrected chi connectivity index (χ3v) is 4.16. The number of fused-ring (bicyclic) bond motifs is 1. The predicted octanol–water partition coefficient (Wildman–Crippen LogP) is 1.72. The third kappa shape index (κ3) is 3.65. The lowest BCUT2D eigenvalue weighted by molar-refractivity contribution is -0.222. The van der Waals surface area contributed by atoms with Gasteiger partial charge in [-0.2, -0.15) is 0 Å². The Kier molecular flexibility index (Phi) is 4.24. The summed E-state index contributed by atoms with van der Waals surface area (Å²) < 4.78 is 10.1. The number of anilines is 1. The van der Waals surface area contributed by atoms with E-state index in [4.69, 9.17) is 9.47 Å². The van der Waals surface area contributed by atoms with Crippen molar-refractivity contribution in [3.63, 3.8) is 0 Å². The molecule has 0 radical (unpaired) electrons. The summed E-state index contributed by atoms with van der Waals surface area (Å²) in [5, 5.41) is 2.93. The van der Waals surface area contributed by atoms with Gasteiger partial charge in [-0.3, -0.25) is 4.79 Å². The van der Waals surface area contributed by atoms with Crippen molar-refractivity contribution in [1.82, 2.24) is 4.90 Å². The Morgan fingerprint density at radius 3 is 2.52 bits per heavy atom. The fraction of sp³-hybridized carbons (Fsp3) is 0.389. The number of ether oxygens (including phenoxy) is 2. The molecular formula is C18H20N2O5. The van der Waals surface area contributed by atoms with E-state index in [2.05, 4.69) is 5.32 Å². The van der Waals surface area contributed by atoms with E-state index < -0.39 is 17.7 Å². The molecule has 3 rings (SSSR count). The quantitative estimate of drug-likeness (QED) is 0.500. The molecule has 0 saturated carbocycles. The molecule has 2 aliphatic heterocycles. The second kappa shape index (κ2) is 6.23. The van der Waals surface area contributed by atoms with Gasteiger partial charge in [0.1, 0.15) is 0 Å². The van der Waals surface area contributed by atoms with Crippen LogP contribution in [0.25, 0.3) is 0 Å². The molecule has 0 aromatic heterocycles. The topological polar surface area (TPSA) is 84.9 Å². The molecule has 2 aliphatic rings. The van der Waals surface area contributed by atoms with Crippen molar-refractivity contribution in [3.05, 3.63) is 41.1 Å². The molecule has 0 aliphatic carbocycles.